The van der Waals surface area contributed by atoms with Crippen molar-refractivity contribution in [2.45, 2.75) is 58.9 Å². The largest absolute Gasteiger partial charge is 0.479 e. The van der Waals surface area contributed by atoms with Crippen LogP contribution in [0.25, 0.3) is 0 Å². The van der Waals surface area contributed by atoms with Crippen LogP contribution in [-0.2, 0) is 9.59 Å². The van der Waals surface area contributed by atoms with E-state index in [0.29, 0.717) is 19.4 Å². The van der Waals surface area contributed by atoms with Crippen LogP contribution in [0.1, 0.15) is 53.4 Å². The molecule has 0 aromatic carbocycles. The van der Waals surface area contributed by atoms with Crippen LogP contribution in [0.4, 0.5) is 0 Å². The van der Waals surface area contributed by atoms with Crippen molar-refractivity contribution in [3.63, 3.8) is 0 Å². The third-order valence-corrected chi connectivity index (χ3v) is 3.14. The zero-order valence-corrected chi connectivity index (χ0v) is 10.7. The number of carbonyl (C=O) groups is 2. The lowest BCUT2D eigenvalue weighted by Crippen LogP contribution is -2.56. The van der Waals surface area contributed by atoms with E-state index < -0.39 is 11.5 Å². The lowest BCUT2D eigenvalue weighted by molar-refractivity contribution is -0.159. The van der Waals surface area contributed by atoms with Crippen molar-refractivity contribution in [2.24, 2.45) is 0 Å². The quantitative estimate of drug-likeness (QED) is 0.728. The van der Waals surface area contributed by atoms with Gasteiger partial charge in [-0.1, -0.05) is 26.7 Å². The Morgan fingerprint density at radius 1 is 1.25 bits per heavy atom. The molecule has 0 aliphatic heterocycles. The molecule has 0 spiro atoms. The molecule has 1 N–H and O–H groups in total. The number of unbranched alkanes of at least 4 members (excludes halogenated alkanes) is 1. The minimum absolute atomic E-state index is 0.164. The monoisotopic (exact) mass is 229 g/mol. The molecular weight excluding hydrogens is 206 g/mol. The summed E-state index contributed by atoms with van der Waals surface area (Å²) in [5, 5.41) is 9.41. The average Bonchev–Trinajstić information content (AvgIpc) is 2.23. The predicted molar refractivity (Wildman–Crippen MR) is 63.2 cm³/mol. The molecule has 0 radical (unpaired) electrons. The molecule has 0 aromatic heterocycles. The summed E-state index contributed by atoms with van der Waals surface area (Å²) >= 11 is 0. The van der Waals surface area contributed by atoms with E-state index in [4.69, 9.17) is 0 Å². The summed E-state index contributed by atoms with van der Waals surface area (Å²) in [6.07, 6.45) is 2.74. The van der Waals surface area contributed by atoms with Gasteiger partial charge in [-0.05, 0) is 19.8 Å². The minimum Gasteiger partial charge on any atom is -0.479 e. The summed E-state index contributed by atoms with van der Waals surface area (Å²) in [7, 11) is 0. The van der Waals surface area contributed by atoms with E-state index in [2.05, 4.69) is 0 Å². The Bertz CT molecular complexity index is 253. The molecule has 4 heteroatoms. The van der Waals surface area contributed by atoms with Gasteiger partial charge in [0.2, 0.25) is 5.91 Å². The molecule has 0 saturated heterocycles. The molecule has 0 bridgehead atoms. The topological polar surface area (TPSA) is 57.6 Å². The predicted octanol–water partition coefficient (Wildman–Crippen LogP) is 2.28. The molecule has 1 amide bonds. The number of nitrogens with zero attached hydrogens (tertiary/aromatic N) is 1. The van der Waals surface area contributed by atoms with Gasteiger partial charge in [-0.15, -0.1) is 0 Å². The van der Waals surface area contributed by atoms with Gasteiger partial charge in [-0.25, -0.2) is 4.79 Å². The second-order valence-electron chi connectivity index (χ2n) is 4.06. The highest BCUT2D eigenvalue weighted by molar-refractivity contribution is 5.86. The number of carboxylic acid groups (broad SMARTS) is 1. The van der Waals surface area contributed by atoms with Gasteiger partial charge in [0.05, 0.1) is 0 Å². The molecule has 0 heterocycles. The Balaban J connectivity index is 5.14. The van der Waals surface area contributed by atoms with Crippen LogP contribution in [-0.4, -0.2) is 34.0 Å². The minimum atomic E-state index is -1.02. The van der Waals surface area contributed by atoms with Crippen LogP contribution in [0, 0.1) is 0 Å². The second-order valence-corrected chi connectivity index (χ2v) is 4.06. The molecule has 16 heavy (non-hydrogen) atoms. The fourth-order valence-corrected chi connectivity index (χ4v) is 2.17. The number of aliphatic carboxylic acids is 1. The lowest BCUT2D eigenvalue weighted by Gasteiger charge is -2.39. The molecule has 1 unspecified atom stereocenters. The molecule has 0 saturated carbocycles. The number of carboxylic acids is 1. The summed E-state index contributed by atoms with van der Waals surface area (Å²) in [6.45, 7) is 7.55. The standard InChI is InChI=1S/C12H23NO3/c1-5-8-9-12(6-2,11(15)16)13(7-3)10(4)14/h5-9H2,1-4H3,(H,15,16). The van der Waals surface area contributed by atoms with Crippen molar-refractivity contribution in [3.8, 4) is 0 Å². The number of hydrogen-bond donors (Lipinski definition) is 1. The zero-order chi connectivity index (χ0) is 12.8. The van der Waals surface area contributed by atoms with Gasteiger partial charge in [0.25, 0.3) is 0 Å². The van der Waals surface area contributed by atoms with E-state index in [0.717, 1.165) is 12.8 Å². The third-order valence-electron chi connectivity index (χ3n) is 3.14. The summed E-state index contributed by atoms with van der Waals surface area (Å²) < 4.78 is 0. The maximum absolute atomic E-state index is 11.5. The summed E-state index contributed by atoms with van der Waals surface area (Å²) in [5.41, 5.74) is -1.02. The summed E-state index contributed by atoms with van der Waals surface area (Å²) in [6, 6.07) is 0. The molecule has 0 aliphatic carbocycles. The maximum Gasteiger partial charge on any atom is 0.329 e. The first kappa shape index (κ1) is 14.9. The van der Waals surface area contributed by atoms with E-state index in [1.165, 1.54) is 11.8 Å². The Hall–Kier alpha value is -1.06. The van der Waals surface area contributed by atoms with Crippen LogP contribution in [0.2, 0.25) is 0 Å². The summed E-state index contributed by atoms with van der Waals surface area (Å²) in [5.74, 6) is -1.05. The highest BCUT2D eigenvalue weighted by atomic mass is 16.4. The molecule has 0 aliphatic rings. The van der Waals surface area contributed by atoms with E-state index in [1.54, 1.807) is 0 Å². The molecule has 0 fully saturated rings. The highest BCUT2D eigenvalue weighted by Crippen LogP contribution is 2.27. The smallest absolute Gasteiger partial charge is 0.329 e. The van der Waals surface area contributed by atoms with Crippen LogP contribution in [0.5, 0.6) is 0 Å². The lowest BCUT2D eigenvalue weighted by atomic mass is 9.87. The third kappa shape index (κ3) is 2.97. The van der Waals surface area contributed by atoms with Crippen molar-refractivity contribution >= 4 is 11.9 Å². The Morgan fingerprint density at radius 3 is 2.06 bits per heavy atom. The molecule has 1 atom stereocenters. The van der Waals surface area contributed by atoms with Gasteiger partial charge in [-0.2, -0.15) is 0 Å². The van der Waals surface area contributed by atoms with Crippen molar-refractivity contribution < 1.29 is 14.7 Å². The molecule has 0 aromatic rings. The fourth-order valence-electron chi connectivity index (χ4n) is 2.17. The van der Waals surface area contributed by atoms with Gasteiger partial charge in [0, 0.05) is 13.5 Å². The first-order chi connectivity index (χ1) is 7.46. The van der Waals surface area contributed by atoms with Gasteiger partial charge in [-0.3, -0.25) is 4.79 Å². The molecule has 0 rings (SSSR count). The molecule has 4 nitrogen and oxygen atoms in total. The SMILES string of the molecule is CCCCC(CC)(C(=O)O)N(CC)C(C)=O. The number of likely N-dealkylation sites (N-methyl/N-ethyl adjacent to an activating group) is 1. The average molecular weight is 229 g/mol. The zero-order valence-electron chi connectivity index (χ0n) is 10.7. The van der Waals surface area contributed by atoms with Gasteiger partial charge in [0.15, 0.2) is 0 Å². The molecule has 94 valence electrons. The summed E-state index contributed by atoms with van der Waals surface area (Å²) in [4.78, 5) is 24.5. The van der Waals surface area contributed by atoms with Crippen LogP contribution >= 0.6 is 0 Å². The normalized spacial score (nSPS) is 14.2. The number of carbonyl (C=O) groups excluding carboxylic acids is 1. The first-order valence-corrected chi connectivity index (χ1v) is 5.97. The fraction of sp³-hybridized carbons (Fsp3) is 0.833. The van der Waals surface area contributed by atoms with Crippen molar-refractivity contribution in [3.05, 3.63) is 0 Å². The van der Waals surface area contributed by atoms with E-state index in [-0.39, 0.29) is 5.91 Å². The van der Waals surface area contributed by atoms with Crippen LogP contribution in [0.3, 0.4) is 0 Å². The van der Waals surface area contributed by atoms with Crippen molar-refractivity contribution in [2.75, 3.05) is 6.54 Å². The molecular formula is C12H23NO3. The Labute approximate surface area is 97.6 Å². The number of rotatable bonds is 7. The van der Waals surface area contributed by atoms with Gasteiger partial charge < -0.3 is 10.0 Å². The maximum atomic E-state index is 11.5. The van der Waals surface area contributed by atoms with E-state index >= 15 is 0 Å². The van der Waals surface area contributed by atoms with Gasteiger partial charge in [0.1, 0.15) is 5.54 Å². The number of hydrogen-bond acceptors (Lipinski definition) is 2. The van der Waals surface area contributed by atoms with Crippen molar-refractivity contribution in [1.82, 2.24) is 4.90 Å². The van der Waals surface area contributed by atoms with E-state index in [1.807, 2.05) is 20.8 Å². The number of amides is 1. The van der Waals surface area contributed by atoms with E-state index in [9.17, 15) is 14.7 Å². The Kier molecular flexibility index (Phi) is 6.08. The van der Waals surface area contributed by atoms with Crippen molar-refractivity contribution in [1.29, 1.82) is 0 Å². The van der Waals surface area contributed by atoms with Crippen LogP contribution < -0.4 is 0 Å². The van der Waals surface area contributed by atoms with Crippen LogP contribution in [0.15, 0.2) is 0 Å². The first-order valence-electron chi connectivity index (χ1n) is 5.97. The second kappa shape index (κ2) is 6.51. The Morgan fingerprint density at radius 2 is 1.81 bits per heavy atom. The van der Waals surface area contributed by atoms with Gasteiger partial charge >= 0.3 is 5.97 Å². The highest BCUT2D eigenvalue weighted by Gasteiger charge is 2.42.